The quantitative estimate of drug-likeness (QED) is 0.570. The Morgan fingerprint density at radius 3 is 2.95 bits per heavy atom. The van der Waals surface area contributed by atoms with Crippen molar-refractivity contribution in [3.63, 3.8) is 0 Å². The van der Waals surface area contributed by atoms with Crippen LogP contribution in [0.5, 0.6) is 0 Å². The van der Waals surface area contributed by atoms with Gasteiger partial charge >= 0.3 is 0 Å². The molecule has 20 heavy (non-hydrogen) atoms. The second-order valence-electron chi connectivity index (χ2n) is 4.80. The SMILES string of the molecule is Cc1nc(CC(NN)c2cnn3ccccc23)sc1C. The Labute approximate surface area is 121 Å². The number of nitrogens with zero attached hydrogens (tertiary/aromatic N) is 3. The van der Waals surface area contributed by atoms with Crippen LogP contribution in [-0.2, 0) is 6.42 Å². The molecule has 1 atom stereocenters. The zero-order valence-electron chi connectivity index (χ0n) is 11.5. The van der Waals surface area contributed by atoms with Crippen molar-refractivity contribution < 1.29 is 0 Å². The second kappa shape index (κ2) is 5.32. The number of nitrogens with two attached hydrogens (primary N) is 1. The van der Waals surface area contributed by atoms with Gasteiger partial charge in [0.2, 0.25) is 0 Å². The number of hydrazine groups is 1. The summed E-state index contributed by atoms with van der Waals surface area (Å²) < 4.78 is 1.86. The van der Waals surface area contributed by atoms with Crippen molar-refractivity contribution in [3.8, 4) is 0 Å². The van der Waals surface area contributed by atoms with Gasteiger partial charge in [0.05, 0.1) is 28.5 Å². The van der Waals surface area contributed by atoms with Crippen molar-refractivity contribution in [1.82, 2.24) is 20.0 Å². The van der Waals surface area contributed by atoms with Crippen LogP contribution in [0.2, 0.25) is 0 Å². The normalized spacial score (nSPS) is 12.9. The summed E-state index contributed by atoms with van der Waals surface area (Å²) in [5, 5.41) is 5.45. The standard InChI is InChI=1S/C14H17N5S/c1-9-10(2)20-14(17-9)7-12(18-15)11-8-16-19-6-4-3-5-13(11)19/h3-6,8,12,18H,7,15H2,1-2H3. The molecule has 0 aliphatic carbocycles. The van der Waals surface area contributed by atoms with E-state index in [4.69, 9.17) is 5.84 Å². The van der Waals surface area contributed by atoms with Crippen LogP contribution in [0, 0.1) is 13.8 Å². The first kappa shape index (κ1) is 13.2. The van der Waals surface area contributed by atoms with Crippen LogP contribution in [-0.4, -0.2) is 14.6 Å². The molecule has 0 fully saturated rings. The molecule has 5 nitrogen and oxygen atoms in total. The molecular formula is C14H17N5S. The van der Waals surface area contributed by atoms with Crippen LogP contribution in [0.1, 0.15) is 27.2 Å². The Bertz CT molecular complexity index is 711. The maximum absolute atomic E-state index is 5.74. The highest BCUT2D eigenvalue weighted by molar-refractivity contribution is 7.11. The van der Waals surface area contributed by atoms with Crippen LogP contribution >= 0.6 is 11.3 Å². The molecule has 0 saturated heterocycles. The highest BCUT2D eigenvalue weighted by Gasteiger charge is 2.17. The molecule has 0 aliphatic rings. The van der Waals surface area contributed by atoms with Gasteiger partial charge in [-0.3, -0.25) is 11.3 Å². The minimum Gasteiger partial charge on any atom is -0.271 e. The van der Waals surface area contributed by atoms with Crippen molar-refractivity contribution in [2.24, 2.45) is 5.84 Å². The summed E-state index contributed by atoms with van der Waals surface area (Å²) in [5.74, 6) is 5.74. The number of aromatic nitrogens is 3. The minimum atomic E-state index is 0.0137. The first-order chi connectivity index (χ1) is 9.69. The maximum atomic E-state index is 5.74. The fourth-order valence-electron chi connectivity index (χ4n) is 2.28. The molecule has 0 amide bonds. The fraction of sp³-hybridized carbons (Fsp3) is 0.286. The van der Waals surface area contributed by atoms with E-state index < -0.39 is 0 Å². The third kappa shape index (κ3) is 2.33. The Balaban J connectivity index is 1.93. The molecule has 0 saturated carbocycles. The van der Waals surface area contributed by atoms with Gasteiger partial charge < -0.3 is 0 Å². The first-order valence-corrected chi connectivity index (χ1v) is 7.32. The van der Waals surface area contributed by atoms with Gasteiger partial charge in [-0.15, -0.1) is 11.3 Å². The van der Waals surface area contributed by atoms with Crippen LogP contribution < -0.4 is 11.3 Å². The molecule has 0 radical (unpaired) electrons. The van der Waals surface area contributed by atoms with Gasteiger partial charge in [-0.1, -0.05) is 6.07 Å². The lowest BCUT2D eigenvalue weighted by Gasteiger charge is -2.13. The van der Waals surface area contributed by atoms with E-state index in [1.165, 1.54) is 4.88 Å². The van der Waals surface area contributed by atoms with Crippen molar-refractivity contribution in [2.75, 3.05) is 0 Å². The molecule has 0 bridgehead atoms. The van der Waals surface area contributed by atoms with Crippen molar-refractivity contribution in [3.05, 3.63) is 51.7 Å². The number of hydrogen-bond donors (Lipinski definition) is 2. The predicted molar refractivity (Wildman–Crippen MR) is 80.5 cm³/mol. The molecule has 0 aliphatic heterocycles. The molecular weight excluding hydrogens is 270 g/mol. The number of thiazole rings is 1. The Morgan fingerprint density at radius 1 is 1.40 bits per heavy atom. The summed E-state index contributed by atoms with van der Waals surface area (Å²) in [6, 6.07) is 6.03. The lowest BCUT2D eigenvalue weighted by Crippen LogP contribution is -2.29. The topological polar surface area (TPSA) is 68.2 Å². The van der Waals surface area contributed by atoms with Crippen LogP contribution in [0.15, 0.2) is 30.6 Å². The molecule has 3 aromatic heterocycles. The summed E-state index contributed by atoms with van der Waals surface area (Å²) in [5.41, 5.74) is 6.15. The second-order valence-corrected chi connectivity index (χ2v) is 6.09. The molecule has 3 N–H and O–H groups in total. The minimum absolute atomic E-state index is 0.0137. The van der Waals surface area contributed by atoms with Crippen LogP contribution in [0.3, 0.4) is 0 Å². The number of aryl methyl sites for hydroxylation is 2. The van der Waals surface area contributed by atoms with E-state index in [1.807, 2.05) is 42.0 Å². The van der Waals surface area contributed by atoms with Gasteiger partial charge in [0, 0.05) is 23.1 Å². The third-order valence-corrected chi connectivity index (χ3v) is 4.58. The molecule has 0 spiro atoms. The summed E-state index contributed by atoms with van der Waals surface area (Å²) in [6.45, 7) is 4.13. The molecule has 1 unspecified atom stereocenters. The lowest BCUT2D eigenvalue weighted by atomic mass is 10.1. The molecule has 6 heteroatoms. The first-order valence-electron chi connectivity index (χ1n) is 6.50. The summed E-state index contributed by atoms with van der Waals surface area (Å²) in [6.07, 6.45) is 4.57. The third-order valence-electron chi connectivity index (χ3n) is 3.48. The van der Waals surface area contributed by atoms with Crippen LogP contribution in [0.4, 0.5) is 0 Å². The van der Waals surface area contributed by atoms with Crippen molar-refractivity contribution >= 4 is 16.9 Å². The molecule has 104 valence electrons. The average Bonchev–Trinajstić information content (AvgIpc) is 3.00. The Morgan fingerprint density at radius 2 is 2.25 bits per heavy atom. The van der Waals surface area contributed by atoms with E-state index in [2.05, 4.69) is 22.4 Å². The van der Waals surface area contributed by atoms with Gasteiger partial charge in [-0.25, -0.2) is 9.50 Å². The Kier molecular flexibility index (Phi) is 3.52. The van der Waals surface area contributed by atoms with Crippen LogP contribution in [0.25, 0.3) is 5.52 Å². The number of rotatable bonds is 4. The van der Waals surface area contributed by atoms with E-state index in [0.29, 0.717) is 0 Å². The highest BCUT2D eigenvalue weighted by atomic mass is 32.1. The highest BCUT2D eigenvalue weighted by Crippen LogP contribution is 2.25. The Hall–Kier alpha value is -1.76. The molecule has 0 aromatic carbocycles. The average molecular weight is 287 g/mol. The fourth-order valence-corrected chi connectivity index (χ4v) is 3.26. The van der Waals surface area contributed by atoms with E-state index in [9.17, 15) is 0 Å². The predicted octanol–water partition coefficient (Wildman–Crippen LogP) is 2.15. The molecule has 3 aromatic rings. The summed E-state index contributed by atoms with van der Waals surface area (Å²) >= 11 is 1.73. The van der Waals surface area contributed by atoms with Gasteiger partial charge in [0.25, 0.3) is 0 Å². The lowest BCUT2D eigenvalue weighted by molar-refractivity contribution is 0.554. The van der Waals surface area contributed by atoms with Gasteiger partial charge in [-0.05, 0) is 26.0 Å². The smallest absolute Gasteiger partial charge is 0.0950 e. The zero-order valence-corrected chi connectivity index (χ0v) is 12.3. The number of hydrogen-bond acceptors (Lipinski definition) is 5. The van der Waals surface area contributed by atoms with Gasteiger partial charge in [-0.2, -0.15) is 5.10 Å². The molecule has 3 rings (SSSR count). The largest absolute Gasteiger partial charge is 0.271 e. The van der Waals surface area contributed by atoms with E-state index in [-0.39, 0.29) is 6.04 Å². The monoisotopic (exact) mass is 287 g/mol. The maximum Gasteiger partial charge on any atom is 0.0950 e. The van der Waals surface area contributed by atoms with Crippen molar-refractivity contribution in [2.45, 2.75) is 26.3 Å². The summed E-state index contributed by atoms with van der Waals surface area (Å²) in [7, 11) is 0. The number of nitrogens with one attached hydrogen (secondary N) is 1. The van der Waals surface area contributed by atoms with E-state index >= 15 is 0 Å². The molecule has 3 heterocycles. The summed E-state index contributed by atoms with van der Waals surface area (Å²) in [4.78, 5) is 5.84. The number of pyridine rings is 1. The number of fused-ring (bicyclic) bond motifs is 1. The van der Waals surface area contributed by atoms with Gasteiger partial charge in [0.15, 0.2) is 0 Å². The van der Waals surface area contributed by atoms with Gasteiger partial charge in [0.1, 0.15) is 0 Å². The van der Waals surface area contributed by atoms with E-state index in [1.54, 1.807) is 11.3 Å². The van der Waals surface area contributed by atoms with E-state index in [0.717, 1.165) is 28.2 Å². The van der Waals surface area contributed by atoms with Crippen molar-refractivity contribution in [1.29, 1.82) is 0 Å². The zero-order chi connectivity index (χ0) is 14.1.